The Bertz CT molecular complexity index is 1160. The Kier molecular flexibility index (Phi) is 6.22. The molecule has 1 atom stereocenters. The van der Waals surface area contributed by atoms with Crippen LogP contribution in [-0.2, 0) is 10.0 Å². The van der Waals surface area contributed by atoms with E-state index in [1.165, 1.54) is 41.7 Å². The third kappa shape index (κ3) is 4.52. The molecule has 0 saturated carbocycles. The van der Waals surface area contributed by atoms with Gasteiger partial charge < -0.3 is 5.32 Å². The van der Waals surface area contributed by atoms with Gasteiger partial charge in [-0.25, -0.2) is 12.8 Å². The number of para-hydroxylation sites is 1. The van der Waals surface area contributed by atoms with E-state index in [1.54, 1.807) is 37.3 Å². The summed E-state index contributed by atoms with van der Waals surface area (Å²) in [5.74, 6) is -0.768. The molecule has 1 amide bonds. The molecule has 0 saturated heterocycles. The topological polar surface area (TPSA) is 66.5 Å². The van der Waals surface area contributed by atoms with Crippen molar-refractivity contribution in [1.82, 2.24) is 5.32 Å². The van der Waals surface area contributed by atoms with Crippen molar-refractivity contribution in [3.8, 4) is 0 Å². The number of nitrogens with one attached hydrogen (secondary N) is 1. The Balaban J connectivity index is 1.83. The lowest BCUT2D eigenvalue weighted by molar-refractivity contribution is 0.0939. The highest BCUT2D eigenvalue weighted by Crippen LogP contribution is 2.25. The monoisotopic (exact) mass is 426 g/mol. The zero-order chi connectivity index (χ0) is 21.9. The van der Waals surface area contributed by atoms with Crippen LogP contribution in [0.1, 0.15) is 34.5 Å². The summed E-state index contributed by atoms with van der Waals surface area (Å²) in [5.41, 5.74) is 2.36. The first kappa shape index (κ1) is 21.5. The molecular weight excluding hydrogens is 403 g/mol. The standard InChI is InChI=1S/C23H23FN2O3S/c1-16-7-4-5-10-22(16)26(3)30(28,29)21-9-6-8-19(15-21)23(27)25-17(2)18-11-13-20(24)14-12-18/h4-15,17H,1-3H3,(H,25,27). The van der Waals surface area contributed by atoms with Gasteiger partial charge in [-0.15, -0.1) is 0 Å². The minimum atomic E-state index is -3.84. The zero-order valence-electron chi connectivity index (χ0n) is 17.0. The van der Waals surface area contributed by atoms with Crippen molar-refractivity contribution in [2.45, 2.75) is 24.8 Å². The van der Waals surface area contributed by atoms with Crippen LogP contribution in [0.25, 0.3) is 0 Å². The van der Waals surface area contributed by atoms with Gasteiger partial charge in [0.25, 0.3) is 15.9 Å². The van der Waals surface area contributed by atoms with Crippen LogP contribution < -0.4 is 9.62 Å². The van der Waals surface area contributed by atoms with Gasteiger partial charge in [-0.3, -0.25) is 9.10 Å². The molecule has 1 N–H and O–H groups in total. The normalized spacial score (nSPS) is 12.3. The number of hydrogen-bond acceptors (Lipinski definition) is 3. The summed E-state index contributed by atoms with van der Waals surface area (Å²) in [6, 6.07) is 18.6. The minimum Gasteiger partial charge on any atom is -0.346 e. The highest BCUT2D eigenvalue weighted by molar-refractivity contribution is 7.92. The number of benzene rings is 3. The van der Waals surface area contributed by atoms with Gasteiger partial charge in [0.05, 0.1) is 16.6 Å². The van der Waals surface area contributed by atoms with Crippen LogP contribution in [0.15, 0.2) is 77.7 Å². The second-order valence-corrected chi connectivity index (χ2v) is 9.00. The molecule has 0 spiro atoms. The number of carbonyl (C=O) groups excluding carboxylic acids is 1. The third-order valence-corrected chi connectivity index (χ3v) is 6.69. The van der Waals surface area contributed by atoms with E-state index < -0.39 is 15.9 Å². The van der Waals surface area contributed by atoms with Crippen molar-refractivity contribution in [3.05, 3.63) is 95.3 Å². The van der Waals surface area contributed by atoms with Crippen LogP contribution in [0.3, 0.4) is 0 Å². The van der Waals surface area contributed by atoms with Crippen LogP contribution in [0.5, 0.6) is 0 Å². The Labute approximate surface area is 176 Å². The summed E-state index contributed by atoms with van der Waals surface area (Å²) >= 11 is 0. The Morgan fingerprint density at radius 1 is 1.00 bits per heavy atom. The number of aryl methyl sites for hydroxylation is 1. The van der Waals surface area contributed by atoms with Crippen LogP contribution >= 0.6 is 0 Å². The number of rotatable bonds is 6. The van der Waals surface area contributed by atoms with Crippen LogP contribution in [0.4, 0.5) is 10.1 Å². The van der Waals surface area contributed by atoms with E-state index in [0.717, 1.165) is 11.1 Å². The van der Waals surface area contributed by atoms with Crippen molar-refractivity contribution < 1.29 is 17.6 Å². The Morgan fingerprint density at radius 2 is 1.67 bits per heavy atom. The molecule has 3 aromatic rings. The lowest BCUT2D eigenvalue weighted by atomic mass is 10.1. The fourth-order valence-corrected chi connectivity index (χ4v) is 4.42. The maximum atomic E-state index is 13.1. The highest BCUT2D eigenvalue weighted by Gasteiger charge is 2.23. The molecule has 0 aliphatic rings. The third-order valence-electron chi connectivity index (χ3n) is 4.93. The molecule has 1 unspecified atom stereocenters. The van der Waals surface area contributed by atoms with Gasteiger partial charge >= 0.3 is 0 Å². The second kappa shape index (κ2) is 8.67. The first-order valence-corrected chi connectivity index (χ1v) is 10.8. The second-order valence-electron chi connectivity index (χ2n) is 7.03. The number of amides is 1. The predicted molar refractivity (Wildman–Crippen MR) is 115 cm³/mol. The summed E-state index contributed by atoms with van der Waals surface area (Å²) < 4.78 is 40.5. The number of sulfonamides is 1. The van der Waals surface area contributed by atoms with Gasteiger partial charge in [-0.05, 0) is 61.4 Å². The zero-order valence-corrected chi connectivity index (χ0v) is 17.8. The molecule has 0 fully saturated rings. The van der Waals surface area contributed by atoms with E-state index in [1.807, 2.05) is 19.1 Å². The van der Waals surface area contributed by atoms with Gasteiger partial charge in [0.2, 0.25) is 0 Å². The summed E-state index contributed by atoms with van der Waals surface area (Å²) in [4.78, 5) is 12.7. The maximum Gasteiger partial charge on any atom is 0.264 e. The number of nitrogens with zero attached hydrogens (tertiary/aromatic N) is 1. The molecule has 0 heterocycles. The average Bonchev–Trinajstić information content (AvgIpc) is 2.74. The molecule has 3 aromatic carbocycles. The van der Waals surface area contributed by atoms with Crippen LogP contribution in [-0.4, -0.2) is 21.4 Å². The molecular formula is C23H23FN2O3S. The number of hydrogen-bond donors (Lipinski definition) is 1. The van der Waals surface area contributed by atoms with Crippen molar-refractivity contribution in [1.29, 1.82) is 0 Å². The number of carbonyl (C=O) groups is 1. The lowest BCUT2D eigenvalue weighted by Crippen LogP contribution is -2.29. The smallest absolute Gasteiger partial charge is 0.264 e. The van der Waals surface area contributed by atoms with Crippen LogP contribution in [0, 0.1) is 12.7 Å². The highest BCUT2D eigenvalue weighted by atomic mass is 32.2. The Morgan fingerprint density at radius 3 is 2.33 bits per heavy atom. The average molecular weight is 427 g/mol. The van der Waals surface area contributed by atoms with Crippen molar-refractivity contribution in [2.75, 3.05) is 11.4 Å². The van der Waals surface area contributed by atoms with E-state index >= 15 is 0 Å². The molecule has 30 heavy (non-hydrogen) atoms. The Hall–Kier alpha value is -3.19. The number of halogens is 1. The maximum absolute atomic E-state index is 13.1. The first-order valence-electron chi connectivity index (χ1n) is 9.41. The fraction of sp³-hybridized carbons (Fsp3) is 0.174. The van der Waals surface area contributed by atoms with E-state index in [0.29, 0.717) is 5.69 Å². The minimum absolute atomic E-state index is 0.0235. The van der Waals surface area contributed by atoms with E-state index in [4.69, 9.17) is 0 Å². The molecule has 0 aliphatic heterocycles. The molecule has 0 aromatic heterocycles. The molecule has 7 heteroatoms. The predicted octanol–water partition coefficient (Wildman–Crippen LogP) is 4.45. The fourth-order valence-electron chi connectivity index (χ4n) is 3.12. The molecule has 0 radical (unpaired) electrons. The summed E-state index contributed by atoms with van der Waals surface area (Å²) in [7, 11) is -2.36. The van der Waals surface area contributed by atoms with Crippen LogP contribution in [0.2, 0.25) is 0 Å². The van der Waals surface area contributed by atoms with E-state index in [9.17, 15) is 17.6 Å². The SMILES string of the molecule is Cc1ccccc1N(C)S(=O)(=O)c1cccc(C(=O)NC(C)c2ccc(F)cc2)c1. The summed E-state index contributed by atoms with van der Waals surface area (Å²) in [5, 5.41) is 2.81. The van der Waals surface area contributed by atoms with Gasteiger partial charge in [-0.2, -0.15) is 0 Å². The van der Waals surface area contributed by atoms with Crippen molar-refractivity contribution >= 4 is 21.6 Å². The van der Waals surface area contributed by atoms with Gasteiger partial charge in [0, 0.05) is 12.6 Å². The van der Waals surface area contributed by atoms with Gasteiger partial charge in [-0.1, -0.05) is 36.4 Å². The summed E-state index contributed by atoms with van der Waals surface area (Å²) in [6.45, 7) is 3.61. The molecule has 156 valence electrons. The van der Waals surface area contributed by atoms with Crippen molar-refractivity contribution in [3.63, 3.8) is 0 Å². The van der Waals surface area contributed by atoms with Crippen molar-refractivity contribution in [2.24, 2.45) is 0 Å². The molecule has 0 bridgehead atoms. The summed E-state index contributed by atoms with van der Waals surface area (Å²) in [6.07, 6.45) is 0. The molecule has 5 nitrogen and oxygen atoms in total. The van der Waals surface area contributed by atoms with E-state index in [-0.39, 0.29) is 22.3 Å². The first-order chi connectivity index (χ1) is 14.2. The quantitative estimate of drug-likeness (QED) is 0.633. The largest absolute Gasteiger partial charge is 0.346 e. The molecule has 0 aliphatic carbocycles. The van der Waals surface area contributed by atoms with Gasteiger partial charge in [0.1, 0.15) is 5.82 Å². The van der Waals surface area contributed by atoms with Gasteiger partial charge in [0.15, 0.2) is 0 Å². The lowest BCUT2D eigenvalue weighted by Gasteiger charge is -2.21. The van der Waals surface area contributed by atoms with E-state index in [2.05, 4.69) is 5.32 Å². The number of anilines is 1. The molecule has 3 rings (SSSR count).